The topological polar surface area (TPSA) is 108 Å². The zero-order valence-corrected chi connectivity index (χ0v) is 21.6. The summed E-state index contributed by atoms with van der Waals surface area (Å²) in [4.78, 5) is 30.1. The Morgan fingerprint density at radius 2 is 2.05 bits per heavy atom. The van der Waals surface area contributed by atoms with Crippen molar-refractivity contribution in [1.82, 2.24) is 19.9 Å². The van der Waals surface area contributed by atoms with Gasteiger partial charge in [-0.05, 0) is 43.7 Å². The normalized spacial score (nSPS) is 14.4. The molecule has 1 atom stereocenters. The number of benzene rings is 2. The van der Waals surface area contributed by atoms with Crippen LogP contribution in [0.25, 0.3) is 31.8 Å². The number of ether oxygens (including phenoxy) is 3. The highest BCUT2D eigenvalue weighted by Gasteiger charge is 2.31. The summed E-state index contributed by atoms with van der Waals surface area (Å²) in [6, 6.07) is 8.71. The predicted octanol–water partition coefficient (Wildman–Crippen LogP) is 5.62. The summed E-state index contributed by atoms with van der Waals surface area (Å²) < 4.78 is 32.3. The van der Waals surface area contributed by atoms with Gasteiger partial charge < -0.3 is 14.2 Å². The van der Waals surface area contributed by atoms with Gasteiger partial charge in [-0.2, -0.15) is 0 Å². The second kappa shape index (κ2) is 9.49. The number of hydrogen-bond donors (Lipinski definition) is 1. The van der Waals surface area contributed by atoms with Crippen LogP contribution in [0.5, 0.6) is 11.6 Å². The molecule has 1 amide bonds. The summed E-state index contributed by atoms with van der Waals surface area (Å²) in [7, 11) is 1.55. The van der Waals surface area contributed by atoms with E-state index in [0.29, 0.717) is 45.1 Å². The fourth-order valence-electron chi connectivity index (χ4n) is 4.49. The van der Waals surface area contributed by atoms with Crippen LogP contribution in [0.15, 0.2) is 42.7 Å². The Kier molecular flexibility index (Phi) is 5.99. The SMILES string of the molecule is COc1cnc2c(-c3nc4cc(F)c5c(c4s3)C[C@H](COC(=O)Nc3ccnc(C)c3)O5)cc(C)cc2n1. The van der Waals surface area contributed by atoms with Crippen LogP contribution in [-0.2, 0) is 11.2 Å². The van der Waals surface area contributed by atoms with Crippen molar-refractivity contribution in [2.45, 2.75) is 26.4 Å². The highest BCUT2D eigenvalue weighted by molar-refractivity contribution is 7.22. The third kappa shape index (κ3) is 4.45. The Labute approximate surface area is 220 Å². The number of halogens is 1. The van der Waals surface area contributed by atoms with E-state index in [4.69, 9.17) is 19.2 Å². The van der Waals surface area contributed by atoms with Crippen LogP contribution in [0.1, 0.15) is 16.8 Å². The number of rotatable bonds is 5. The van der Waals surface area contributed by atoms with E-state index in [1.165, 1.54) is 17.4 Å². The standard InChI is InChI=1S/C27H22FN5O4S/c1-13-6-17(23-20(7-13)32-22(35-3)11-30-23)26-33-21-10-19(28)24-18(25(21)38-26)9-16(37-24)12-36-27(34)31-15-4-5-29-14(2)8-15/h4-8,10-11,16H,9,12H2,1-3H3,(H,29,31,34)/t16-/m1/s1. The Morgan fingerprint density at radius 1 is 1.18 bits per heavy atom. The number of aryl methyl sites for hydroxylation is 2. The molecule has 9 nitrogen and oxygen atoms in total. The van der Waals surface area contributed by atoms with E-state index in [9.17, 15) is 4.79 Å². The Balaban J connectivity index is 1.26. The van der Waals surface area contributed by atoms with Crippen molar-refractivity contribution in [3.63, 3.8) is 0 Å². The fourth-order valence-corrected chi connectivity index (χ4v) is 5.60. The number of methoxy groups -OCH3 is 1. The summed E-state index contributed by atoms with van der Waals surface area (Å²) in [5.74, 6) is 0.0977. The second-order valence-corrected chi connectivity index (χ2v) is 9.98. The average molecular weight is 532 g/mol. The molecule has 3 aromatic heterocycles. The van der Waals surface area contributed by atoms with Gasteiger partial charge in [0.25, 0.3) is 0 Å². The molecule has 1 aliphatic rings. The van der Waals surface area contributed by atoms with Gasteiger partial charge in [-0.25, -0.2) is 24.1 Å². The lowest BCUT2D eigenvalue weighted by Crippen LogP contribution is -2.25. The molecule has 0 spiro atoms. The number of nitrogens with zero attached hydrogens (tertiary/aromatic N) is 4. The first-order valence-electron chi connectivity index (χ1n) is 11.8. The first kappa shape index (κ1) is 24.0. The molecule has 0 saturated heterocycles. The Morgan fingerprint density at radius 3 is 2.87 bits per heavy atom. The molecule has 4 heterocycles. The van der Waals surface area contributed by atoms with Crippen molar-refractivity contribution in [1.29, 1.82) is 0 Å². The fraction of sp³-hybridized carbons (Fsp3) is 0.222. The molecule has 11 heteroatoms. The van der Waals surface area contributed by atoms with E-state index in [1.54, 1.807) is 31.6 Å². The molecule has 5 aromatic rings. The van der Waals surface area contributed by atoms with Crippen molar-refractivity contribution in [2.75, 3.05) is 19.0 Å². The molecular formula is C27H22FN5O4S. The summed E-state index contributed by atoms with van der Waals surface area (Å²) in [5.41, 5.74) is 5.78. The van der Waals surface area contributed by atoms with Crippen LogP contribution >= 0.6 is 11.3 Å². The van der Waals surface area contributed by atoms with Crippen LogP contribution in [-0.4, -0.2) is 45.8 Å². The molecular weight excluding hydrogens is 509 g/mol. The van der Waals surface area contributed by atoms with E-state index in [2.05, 4.69) is 20.3 Å². The van der Waals surface area contributed by atoms with Crippen molar-refractivity contribution in [2.24, 2.45) is 0 Å². The lowest BCUT2D eigenvalue weighted by molar-refractivity contribution is 0.100. The molecule has 2 aromatic carbocycles. The number of amides is 1. The molecule has 1 aliphatic heterocycles. The van der Waals surface area contributed by atoms with Crippen LogP contribution in [0.4, 0.5) is 14.9 Å². The smallest absolute Gasteiger partial charge is 0.411 e. The van der Waals surface area contributed by atoms with Crippen LogP contribution in [0, 0.1) is 19.7 Å². The van der Waals surface area contributed by atoms with Crippen molar-refractivity contribution >= 4 is 44.4 Å². The predicted molar refractivity (Wildman–Crippen MR) is 141 cm³/mol. The zero-order valence-electron chi connectivity index (χ0n) is 20.7. The average Bonchev–Trinajstić information content (AvgIpc) is 3.51. The lowest BCUT2D eigenvalue weighted by atomic mass is 10.1. The highest BCUT2D eigenvalue weighted by Crippen LogP contribution is 2.43. The number of carbonyl (C=O) groups is 1. The van der Waals surface area contributed by atoms with Gasteiger partial charge in [0.2, 0.25) is 5.88 Å². The summed E-state index contributed by atoms with van der Waals surface area (Å²) >= 11 is 1.44. The van der Waals surface area contributed by atoms with Crippen LogP contribution in [0.2, 0.25) is 0 Å². The zero-order chi connectivity index (χ0) is 26.4. The van der Waals surface area contributed by atoms with E-state index < -0.39 is 18.0 Å². The van der Waals surface area contributed by atoms with E-state index >= 15 is 4.39 Å². The van der Waals surface area contributed by atoms with Crippen molar-refractivity contribution in [3.8, 4) is 22.2 Å². The minimum absolute atomic E-state index is 0.0306. The van der Waals surface area contributed by atoms with E-state index in [1.807, 2.05) is 26.0 Å². The van der Waals surface area contributed by atoms with Gasteiger partial charge in [-0.15, -0.1) is 11.3 Å². The molecule has 0 radical (unpaired) electrons. The van der Waals surface area contributed by atoms with Crippen LogP contribution < -0.4 is 14.8 Å². The number of hydrogen-bond acceptors (Lipinski definition) is 9. The number of thiazole rings is 1. The number of fused-ring (bicyclic) bond motifs is 4. The first-order valence-corrected chi connectivity index (χ1v) is 12.7. The largest absolute Gasteiger partial charge is 0.483 e. The number of aromatic nitrogens is 4. The van der Waals surface area contributed by atoms with Crippen molar-refractivity contribution < 1.29 is 23.4 Å². The minimum Gasteiger partial charge on any atom is -0.483 e. The maximum atomic E-state index is 15.0. The monoisotopic (exact) mass is 531 g/mol. The van der Waals surface area contributed by atoms with Gasteiger partial charge in [0, 0.05) is 41.2 Å². The molecule has 0 fully saturated rings. The van der Waals surface area contributed by atoms with E-state index in [-0.39, 0.29) is 12.4 Å². The summed E-state index contributed by atoms with van der Waals surface area (Å²) in [5, 5.41) is 3.36. The molecule has 0 unspecified atom stereocenters. The van der Waals surface area contributed by atoms with Gasteiger partial charge >= 0.3 is 6.09 Å². The third-order valence-electron chi connectivity index (χ3n) is 6.15. The number of pyridine rings is 1. The van der Waals surface area contributed by atoms with Gasteiger partial charge in [-0.3, -0.25) is 10.3 Å². The molecule has 0 saturated carbocycles. The van der Waals surface area contributed by atoms with E-state index in [0.717, 1.165) is 21.5 Å². The maximum absolute atomic E-state index is 15.0. The summed E-state index contributed by atoms with van der Waals surface area (Å²) in [6.07, 6.45) is 2.42. The minimum atomic E-state index is -0.620. The molecule has 192 valence electrons. The highest BCUT2D eigenvalue weighted by atomic mass is 32.1. The van der Waals surface area contributed by atoms with Crippen LogP contribution in [0.3, 0.4) is 0 Å². The molecule has 0 aliphatic carbocycles. The first-order chi connectivity index (χ1) is 18.4. The quantitative estimate of drug-likeness (QED) is 0.311. The maximum Gasteiger partial charge on any atom is 0.411 e. The van der Waals surface area contributed by atoms with Gasteiger partial charge in [0.1, 0.15) is 17.7 Å². The molecule has 38 heavy (non-hydrogen) atoms. The molecule has 0 bridgehead atoms. The van der Waals surface area contributed by atoms with Gasteiger partial charge in [-0.1, -0.05) is 0 Å². The number of carbonyl (C=O) groups excluding carboxylic acids is 1. The lowest BCUT2D eigenvalue weighted by Gasteiger charge is -2.12. The van der Waals surface area contributed by atoms with Gasteiger partial charge in [0.05, 0.1) is 34.6 Å². The summed E-state index contributed by atoms with van der Waals surface area (Å²) in [6.45, 7) is 3.77. The number of nitrogens with one attached hydrogen (secondary N) is 1. The Bertz CT molecular complexity index is 1720. The third-order valence-corrected chi connectivity index (χ3v) is 7.31. The number of anilines is 1. The second-order valence-electron chi connectivity index (χ2n) is 8.98. The van der Waals surface area contributed by atoms with Crippen molar-refractivity contribution in [3.05, 3.63) is 65.4 Å². The molecule has 1 N–H and O–H groups in total. The molecule has 6 rings (SSSR count). The van der Waals surface area contributed by atoms with Gasteiger partial charge in [0.15, 0.2) is 11.6 Å². The Hall–Kier alpha value is -4.38.